The smallest absolute Gasteiger partial charge is 0.141 e. The van der Waals surface area contributed by atoms with Crippen molar-refractivity contribution in [2.24, 2.45) is 5.92 Å². The molecule has 2 nitrogen and oxygen atoms in total. The Morgan fingerprint density at radius 2 is 2.17 bits per heavy atom. The first-order chi connectivity index (χ1) is 8.56. The molecule has 1 aliphatic rings. The molecule has 4 heteroatoms. The summed E-state index contributed by atoms with van der Waals surface area (Å²) in [5.74, 6) is 0.695. The molecule has 1 aromatic carbocycles. The van der Waals surface area contributed by atoms with Crippen molar-refractivity contribution in [2.45, 2.75) is 38.8 Å². The molecule has 0 heterocycles. The van der Waals surface area contributed by atoms with E-state index in [4.69, 9.17) is 4.74 Å². The van der Waals surface area contributed by atoms with E-state index in [2.05, 4.69) is 35.1 Å². The molecule has 0 radical (unpaired) electrons. The van der Waals surface area contributed by atoms with Crippen LogP contribution in [0.5, 0.6) is 5.75 Å². The Hall–Kier alpha value is -0.610. The maximum Gasteiger partial charge on any atom is 0.141 e. The van der Waals surface area contributed by atoms with E-state index in [1.807, 2.05) is 0 Å². The first-order valence-electron chi connectivity index (χ1n) is 6.41. The maximum atomic E-state index is 13.4. The van der Waals surface area contributed by atoms with Crippen LogP contribution >= 0.6 is 15.9 Å². The van der Waals surface area contributed by atoms with Gasteiger partial charge in [-0.3, -0.25) is 0 Å². The highest BCUT2D eigenvalue weighted by Gasteiger charge is 2.23. The minimum Gasteiger partial charge on any atom is -0.489 e. The van der Waals surface area contributed by atoms with Gasteiger partial charge in [-0.2, -0.15) is 0 Å². The fourth-order valence-corrected chi connectivity index (χ4v) is 1.96. The van der Waals surface area contributed by atoms with Crippen molar-refractivity contribution in [3.63, 3.8) is 0 Å². The van der Waals surface area contributed by atoms with Crippen molar-refractivity contribution in [1.29, 1.82) is 0 Å². The molecule has 1 unspecified atom stereocenters. The Balaban J connectivity index is 1.95. The van der Waals surface area contributed by atoms with Crippen molar-refractivity contribution in [2.75, 3.05) is 6.54 Å². The quantitative estimate of drug-likeness (QED) is 0.863. The van der Waals surface area contributed by atoms with E-state index in [-0.39, 0.29) is 11.9 Å². The number of benzene rings is 1. The predicted molar refractivity (Wildman–Crippen MR) is 74.4 cm³/mol. The van der Waals surface area contributed by atoms with E-state index < -0.39 is 0 Å². The van der Waals surface area contributed by atoms with E-state index in [1.165, 1.54) is 18.9 Å². The van der Waals surface area contributed by atoms with Gasteiger partial charge in [0.1, 0.15) is 17.7 Å². The van der Waals surface area contributed by atoms with E-state index in [1.54, 1.807) is 12.1 Å². The van der Waals surface area contributed by atoms with Crippen LogP contribution in [0.1, 0.15) is 26.7 Å². The third-order valence-electron chi connectivity index (χ3n) is 3.11. The summed E-state index contributed by atoms with van der Waals surface area (Å²) in [5.41, 5.74) is 0. The largest absolute Gasteiger partial charge is 0.489 e. The summed E-state index contributed by atoms with van der Waals surface area (Å²) >= 11 is 3.14. The molecule has 1 atom stereocenters. The van der Waals surface area contributed by atoms with Gasteiger partial charge in [0.25, 0.3) is 0 Å². The zero-order valence-corrected chi connectivity index (χ0v) is 12.3. The summed E-state index contributed by atoms with van der Waals surface area (Å²) in [6.45, 7) is 5.06. The summed E-state index contributed by atoms with van der Waals surface area (Å²) in [6.07, 6.45) is 2.60. The third-order valence-corrected chi connectivity index (χ3v) is 3.75. The number of hydrogen-bond acceptors (Lipinski definition) is 2. The highest BCUT2D eigenvalue weighted by molar-refractivity contribution is 9.10. The van der Waals surface area contributed by atoms with E-state index >= 15 is 0 Å². The maximum absolute atomic E-state index is 13.4. The normalized spacial score (nSPS) is 16.9. The second kappa shape index (κ2) is 6.02. The van der Waals surface area contributed by atoms with Gasteiger partial charge < -0.3 is 10.1 Å². The summed E-state index contributed by atoms with van der Waals surface area (Å²) in [7, 11) is 0. The van der Waals surface area contributed by atoms with Crippen molar-refractivity contribution in [1.82, 2.24) is 5.32 Å². The van der Waals surface area contributed by atoms with Gasteiger partial charge in [-0.25, -0.2) is 4.39 Å². The minimum atomic E-state index is -0.287. The topological polar surface area (TPSA) is 21.3 Å². The molecule has 1 N–H and O–H groups in total. The molecule has 0 saturated heterocycles. The van der Waals surface area contributed by atoms with Crippen LogP contribution in [0.2, 0.25) is 0 Å². The van der Waals surface area contributed by atoms with Crippen LogP contribution in [0, 0.1) is 11.7 Å². The van der Waals surface area contributed by atoms with Gasteiger partial charge in [0.15, 0.2) is 0 Å². The van der Waals surface area contributed by atoms with Crippen LogP contribution in [-0.2, 0) is 0 Å². The molecule has 1 saturated carbocycles. The minimum absolute atomic E-state index is 0.0752. The van der Waals surface area contributed by atoms with Crippen LogP contribution in [-0.4, -0.2) is 18.7 Å². The Labute approximate surface area is 116 Å². The molecule has 18 heavy (non-hydrogen) atoms. The Morgan fingerprint density at radius 1 is 1.44 bits per heavy atom. The summed E-state index contributed by atoms with van der Waals surface area (Å²) in [6, 6.07) is 5.56. The van der Waals surface area contributed by atoms with Crippen LogP contribution in [0.3, 0.4) is 0 Å². The van der Waals surface area contributed by atoms with Gasteiger partial charge in [0.05, 0.1) is 4.47 Å². The lowest BCUT2D eigenvalue weighted by molar-refractivity contribution is 0.148. The molecule has 1 aromatic rings. The Bertz CT molecular complexity index is 407. The number of halogens is 2. The van der Waals surface area contributed by atoms with Gasteiger partial charge in [-0.15, -0.1) is 0 Å². The number of nitrogens with one attached hydrogen (secondary N) is 1. The molecule has 0 bridgehead atoms. The van der Waals surface area contributed by atoms with Crippen LogP contribution in [0.25, 0.3) is 0 Å². The van der Waals surface area contributed by atoms with Gasteiger partial charge >= 0.3 is 0 Å². The van der Waals surface area contributed by atoms with Gasteiger partial charge in [-0.1, -0.05) is 13.8 Å². The fraction of sp³-hybridized carbons (Fsp3) is 0.571. The van der Waals surface area contributed by atoms with Crippen LogP contribution in [0.15, 0.2) is 22.7 Å². The lowest BCUT2D eigenvalue weighted by Gasteiger charge is -2.23. The zero-order valence-electron chi connectivity index (χ0n) is 10.7. The van der Waals surface area contributed by atoms with Crippen molar-refractivity contribution in [3.8, 4) is 5.75 Å². The third kappa shape index (κ3) is 3.95. The van der Waals surface area contributed by atoms with E-state index in [0.717, 1.165) is 6.54 Å². The van der Waals surface area contributed by atoms with E-state index in [0.29, 0.717) is 22.2 Å². The Kier molecular flexibility index (Phi) is 4.62. The number of hydrogen-bond donors (Lipinski definition) is 1. The molecule has 100 valence electrons. The average Bonchev–Trinajstić information content (AvgIpc) is 3.12. The van der Waals surface area contributed by atoms with Crippen LogP contribution in [0.4, 0.5) is 4.39 Å². The molecule has 1 fully saturated rings. The molecule has 1 aliphatic carbocycles. The predicted octanol–water partition coefficient (Wildman–Crippen LogP) is 3.74. The second-order valence-electron chi connectivity index (χ2n) is 5.16. The van der Waals surface area contributed by atoms with Crippen molar-refractivity contribution < 1.29 is 9.13 Å². The number of ether oxygens (including phenoxy) is 1. The number of rotatable bonds is 6. The molecule has 0 amide bonds. The second-order valence-corrected chi connectivity index (χ2v) is 6.01. The van der Waals surface area contributed by atoms with E-state index in [9.17, 15) is 4.39 Å². The van der Waals surface area contributed by atoms with Crippen LogP contribution < -0.4 is 10.1 Å². The highest BCUT2D eigenvalue weighted by atomic mass is 79.9. The monoisotopic (exact) mass is 315 g/mol. The molecule has 0 aromatic heterocycles. The first kappa shape index (κ1) is 13.8. The summed E-state index contributed by atoms with van der Waals surface area (Å²) < 4.78 is 19.7. The SMILES string of the molecule is CC(C)C(CNC1CC1)Oc1ccc(Br)c(F)c1. The summed E-state index contributed by atoms with van der Waals surface area (Å²) in [4.78, 5) is 0. The molecular weight excluding hydrogens is 297 g/mol. The molecular formula is C14H19BrFNO. The standard InChI is InChI=1S/C14H19BrFNO/c1-9(2)14(8-17-10-3-4-10)18-11-5-6-12(15)13(16)7-11/h5-7,9-10,14,17H,3-4,8H2,1-2H3. The van der Waals surface area contributed by atoms with Gasteiger partial charge in [0, 0.05) is 18.7 Å². The molecule has 0 aliphatic heterocycles. The molecule has 0 spiro atoms. The van der Waals surface area contributed by atoms with Gasteiger partial charge in [-0.05, 0) is 46.8 Å². The highest BCUT2D eigenvalue weighted by Crippen LogP contribution is 2.24. The van der Waals surface area contributed by atoms with Gasteiger partial charge in [0.2, 0.25) is 0 Å². The van der Waals surface area contributed by atoms with Crippen molar-refractivity contribution in [3.05, 3.63) is 28.5 Å². The molecule has 2 rings (SSSR count). The fourth-order valence-electron chi connectivity index (χ4n) is 1.71. The lowest BCUT2D eigenvalue weighted by Crippen LogP contribution is -2.36. The Morgan fingerprint density at radius 3 is 2.72 bits per heavy atom. The lowest BCUT2D eigenvalue weighted by atomic mass is 10.1. The first-order valence-corrected chi connectivity index (χ1v) is 7.20. The van der Waals surface area contributed by atoms with Crippen molar-refractivity contribution >= 4 is 15.9 Å². The average molecular weight is 316 g/mol. The zero-order chi connectivity index (χ0) is 13.1. The summed E-state index contributed by atoms with van der Waals surface area (Å²) in [5, 5.41) is 3.46.